The fourth-order valence-corrected chi connectivity index (χ4v) is 5.15. The molecule has 2 rings (SSSR count). The van der Waals surface area contributed by atoms with Gasteiger partial charge in [0.15, 0.2) is 9.84 Å². The lowest BCUT2D eigenvalue weighted by Crippen LogP contribution is -2.29. The summed E-state index contributed by atoms with van der Waals surface area (Å²) in [6.07, 6.45) is 1.63. The predicted octanol–water partition coefficient (Wildman–Crippen LogP) is 2.71. The fourth-order valence-electron chi connectivity index (χ4n) is 2.32. The minimum Gasteiger partial charge on any atom is -0.311 e. The molecule has 0 amide bonds. The fraction of sp³-hybridized carbons (Fsp3) is 0.714. The van der Waals surface area contributed by atoms with Crippen LogP contribution in [0.25, 0.3) is 0 Å². The molecule has 1 unspecified atom stereocenters. The van der Waals surface area contributed by atoms with E-state index in [1.807, 2.05) is 11.3 Å². The standard InChI is InChI=1S/C14H23NO2S2/c1-14(2,3)13-7-6-11(18-13)9-15-10-12-5-4-8-19(12,16)17/h6-7,12,15H,4-5,8-10H2,1-3H3. The molecule has 5 heteroatoms. The summed E-state index contributed by atoms with van der Waals surface area (Å²) in [4.78, 5) is 2.65. The largest absolute Gasteiger partial charge is 0.311 e. The van der Waals surface area contributed by atoms with E-state index in [2.05, 4.69) is 38.2 Å². The smallest absolute Gasteiger partial charge is 0.154 e. The SMILES string of the molecule is CC(C)(C)c1ccc(CNCC2CCCS2(=O)=O)s1. The molecular weight excluding hydrogens is 278 g/mol. The van der Waals surface area contributed by atoms with Crippen molar-refractivity contribution in [2.45, 2.75) is 50.8 Å². The highest BCUT2D eigenvalue weighted by atomic mass is 32.2. The summed E-state index contributed by atoms with van der Waals surface area (Å²) < 4.78 is 23.4. The highest BCUT2D eigenvalue weighted by molar-refractivity contribution is 7.92. The molecular formula is C14H23NO2S2. The van der Waals surface area contributed by atoms with Crippen LogP contribution in [0.1, 0.15) is 43.4 Å². The van der Waals surface area contributed by atoms with E-state index in [0.29, 0.717) is 12.3 Å². The molecule has 1 aliphatic heterocycles. The molecule has 0 bridgehead atoms. The Labute approximate surface area is 120 Å². The second kappa shape index (κ2) is 5.54. The van der Waals surface area contributed by atoms with E-state index in [9.17, 15) is 8.42 Å². The van der Waals surface area contributed by atoms with Gasteiger partial charge in [-0.3, -0.25) is 0 Å². The maximum atomic E-state index is 11.7. The molecule has 0 radical (unpaired) electrons. The van der Waals surface area contributed by atoms with Gasteiger partial charge in [0, 0.05) is 22.8 Å². The summed E-state index contributed by atoms with van der Waals surface area (Å²) in [5.41, 5.74) is 0.192. The number of hydrogen-bond acceptors (Lipinski definition) is 4. The van der Waals surface area contributed by atoms with E-state index >= 15 is 0 Å². The van der Waals surface area contributed by atoms with Crippen LogP contribution in [0, 0.1) is 0 Å². The van der Waals surface area contributed by atoms with Crippen molar-refractivity contribution in [2.75, 3.05) is 12.3 Å². The summed E-state index contributed by atoms with van der Waals surface area (Å²) in [6.45, 7) is 7.99. The molecule has 0 aliphatic carbocycles. The minimum absolute atomic E-state index is 0.172. The lowest BCUT2D eigenvalue weighted by molar-refractivity contribution is 0.575. The molecule has 1 aliphatic rings. The number of sulfone groups is 1. The summed E-state index contributed by atoms with van der Waals surface area (Å²) in [5.74, 6) is 0.368. The molecule has 108 valence electrons. The van der Waals surface area contributed by atoms with Crippen molar-refractivity contribution in [1.82, 2.24) is 5.32 Å². The highest BCUT2D eigenvalue weighted by Gasteiger charge is 2.30. The van der Waals surface area contributed by atoms with E-state index < -0.39 is 9.84 Å². The Hall–Kier alpha value is -0.390. The summed E-state index contributed by atoms with van der Waals surface area (Å²) in [7, 11) is -2.82. The first-order valence-electron chi connectivity index (χ1n) is 6.80. The average Bonchev–Trinajstić information content (AvgIpc) is 2.85. The third-order valence-electron chi connectivity index (χ3n) is 3.53. The Morgan fingerprint density at radius 2 is 2.11 bits per heavy atom. The lowest BCUT2D eigenvalue weighted by atomic mass is 9.95. The van der Waals surface area contributed by atoms with Crippen LogP contribution in [0.2, 0.25) is 0 Å². The maximum Gasteiger partial charge on any atom is 0.154 e. The number of hydrogen-bond donors (Lipinski definition) is 1. The monoisotopic (exact) mass is 301 g/mol. The number of nitrogens with one attached hydrogen (secondary N) is 1. The molecule has 19 heavy (non-hydrogen) atoms. The molecule has 0 spiro atoms. The van der Waals surface area contributed by atoms with Gasteiger partial charge in [-0.25, -0.2) is 8.42 Å². The van der Waals surface area contributed by atoms with Gasteiger partial charge in [0.2, 0.25) is 0 Å². The Bertz CT molecular complexity index is 526. The van der Waals surface area contributed by atoms with E-state index in [1.165, 1.54) is 9.75 Å². The first kappa shape index (κ1) is 15.0. The van der Waals surface area contributed by atoms with Crippen molar-refractivity contribution >= 4 is 21.2 Å². The second-order valence-corrected chi connectivity index (χ2v) is 9.85. The Morgan fingerprint density at radius 3 is 2.63 bits per heavy atom. The van der Waals surface area contributed by atoms with Crippen LogP contribution in [-0.4, -0.2) is 26.0 Å². The van der Waals surface area contributed by atoms with Crippen LogP contribution in [-0.2, 0) is 21.8 Å². The molecule has 1 saturated heterocycles. The molecule has 1 aromatic heterocycles. The van der Waals surface area contributed by atoms with Gasteiger partial charge in [0.25, 0.3) is 0 Å². The normalized spacial score (nSPS) is 22.8. The molecule has 0 aromatic carbocycles. The van der Waals surface area contributed by atoms with Crippen molar-refractivity contribution in [2.24, 2.45) is 0 Å². The third-order valence-corrected chi connectivity index (χ3v) is 7.32. The van der Waals surface area contributed by atoms with Gasteiger partial charge in [-0.1, -0.05) is 20.8 Å². The van der Waals surface area contributed by atoms with Gasteiger partial charge in [-0.2, -0.15) is 0 Å². The van der Waals surface area contributed by atoms with Crippen LogP contribution in [0.15, 0.2) is 12.1 Å². The minimum atomic E-state index is -2.82. The summed E-state index contributed by atoms with van der Waals surface area (Å²) in [6, 6.07) is 4.31. The van der Waals surface area contributed by atoms with Crippen LogP contribution in [0.4, 0.5) is 0 Å². The Kier molecular flexibility index (Phi) is 4.38. The van der Waals surface area contributed by atoms with Crippen molar-refractivity contribution in [1.29, 1.82) is 0 Å². The van der Waals surface area contributed by atoms with Gasteiger partial charge in [0.1, 0.15) is 0 Å². The van der Waals surface area contributed by atoms with E-state index in [0.717, 1.165) is 19.4 Å². The zero-order chi connectivity index (χ0) is 14.1. The predicted molar refractivity (Wildman–Crippen MR) is 81.5 cm³/mol. The van der Waals surface area contributed by atoms with Gasteiger partial charge >= 0.3 is 0 Å². The summed E-state index contributed by atoms with van der Waals surface area (Å²) >= 11 is 1.81. The first-order valence-corrected chi connectivity index (χ1v) is 9.34. The summed E-state index contributed by atoms with van der Waals surface area (Å²) in [5, 5.41) is 3.12. The van der Waals surface area contributed by atoms with Crippen molar-refractivity contribution in [3.8, 4) is 0 Å². The second-order valence-electron chi connectivity index (χ2n) is 6.28. The Morgan fingerprint density at radius 1 is 1.37 bits per heavy atom. The molecule has 3 nitrogen and oxygen atoms in total. The Balaban J connectivity index is 1.85. The van der Waals surface area contributed by atoms with Crippen LogP contribution in [0.5, 0.6) is 0 Å². The molecule has 0 saturated carbocycles. The molecule has 2 heterocycles. The molecule has 1 fully saturated rings. The van der Waals surface area contributed by atoms with Crippen LogP contribution in [0.3, 0.4) is 0 Å². The van der Waals surface area contributed by atoms with Crippen molar-refractivity contribution in [3.05, 3.63) is 21.9 Å². The maximum absolute atomic E-state index is 11.7. The zero-order valence-electron chi connectivity index (χ0n) is 11.9. The van der Waals surface area contributed by atoms with Crippen LogP contribution >= 0.6 is 11.3 Å². The van der Waals surface area contributed by atoms with E-state index in [-0.39, 0.29) is 10.7 Å². The van der Waals surface area contributed by atoms with Crippen LogP contribution < -0.4 is 5.32 Å². The van der Waals surface area contributed by atoms with Crippen molar-refractivity contribution in [3.63, 3.8) is 0 Å². The van der Waals surface area contributed by atoms with Crippen molar-refractivity contribution < 1.29 is 8.42 Å². The van der Waals surface area contributed by atoms with E-state index in [4.69, 9.17) is 0 Å². The molecule has 1 aromatic rings. The van der Waals surface area contributed by atoms with E-state index in [1.54, 1.807) is 0 Å². The quantitative estimate of drug-likeness (QED) is 0.930. The number of rotatable bonds is 4. The average molecular weight is 301 g/mol. The molecule has 1 N–H and O–H groups in total. The molecule has 1 atom stereocenters. The first-order chi connectivity index (χ1) is 8.79. The van der Waals surface area contributed by atoms with Gasteiger partial charge < -0.3 is 5.32 Å². The zero-order valence-corrected chi connectivity index (χ0v) is 13.5. The van der Waals surface area contributed by atoms with Gasteiger partial charge in [0.05, 0.1) is 11.0 Å². The van der Waals surface area contributed by atoms with Gasteiger partial charge in [-0.15, -0.1) is 11.3 Å². The highest BCUT2D eigenvalue weighted by Crippen LogP contribution is 2.29. The third kappa shape index (κ3) is 3.80. The van der Waals surface area contributed by atoms with Gasteiger partial charge in [-0.05, 0) is 30.4 Å². The number of thiophene rings is 1. The topological polar surface area (TPSA) is 46.2 Å². The lowest BCUT2D eigenvalue weighted by Gasteiger charge is -2.15.